The molecular formula is C20H20N4O4S. The van der Waals surface area contributed by atoms with Gasteiger partial charge in [-0.15, -0.1) is 0 Å². The predicted molar refractivity (Wildman–Crippen MR) is 107 cm³/mol. The fraction of sp³-hybridized carbons (Fsp3) is 0.400. The smallest absolute Gasteiger partial charge is 0.243 e. The number of nitriles is 2. The van der Waals surface area contributed by atoms with Gasteiger partial charge in [0.25, 0.3) is 0 Å². The number of nitrogens with zero attached hydrogens (tertiary/aromatic N) is 2. The molecule has 0 bridgehead atoms. The van der Waals surface area contributed by atoms with Crippen LogP contribution in [0.1, 0.15) is 20.3 Å². The molecule has 2 heterocycles. The normalized spacial score (nSPS) is 20.0. The minimum absolute atomic E-state index is 0.0114. The molecule has 0 fully saturated rings. The molecule has 0 spiro atoms. The fourth-order valence-electron chi connectivity index (χ4n) is 3.11. The summed E-state index contributed by atoms with van der Waals surface area (Å²) >= 11 is 1.06. The summed E-state index contributed by atoms with van der Waals surface area (Å²) in [6.45, 7) is 4.48. The van der Waals surface area contributed by atoms with Crippen LogP contribution < -0.4 is 20.1 Å². The Morgan fingerprint density at radius 3 is 2.72 bits per heavy atom. The summed E-state index contributed by atoms with van der Waals surface area (Å²) in [6.07, 6.45) is 0.790. The average Bonchev–Trinajstić information content (AvgIpc) is 2.91. The van der Waals surface area contributed by atoms with Gasteiger partial charge in [-0.2, -0.15) is 10.5 Å². The van der Waals surface area contributed by atoms with Gasteiger partial charge in [0.2, 0.25) is 11.8 Å². The van der Waals surface area contributed by atoms with E-state index in [-0.39, 0.29) is 17.2 Å². The summed E-state index contributed by atoms with van der Waals surface area (Å²) in [6, 6.07) is 9.18. The summed E-state index contributed by atoms with van der Waals surface area (Å²) in [7, 11) is 0. The first-order chi connectivity index (χ1) is 13.9. The van der Waals surface area contributed by atoms with Crippen molar-refractivity contribution in [3.05, 3.63) is 28.8 Å². The monoisotopic (exact) mass is 412 g/mol. The predicted octanol–water partition coefficient (Wildman–Crippen LogP) is 2.55. The van der Waals surface area contributed by atoms with E-state index in [2.05, 4.69) is 16.7 Å². The molecule has 2 amide bonds. The van der Waals surface area contributed by atoms with Gasteiger partial charge in [0.15, 0.2) is 11.5 Å². The molecule has 0 unspecified atom stereocenters. The summed E-state index contributed by atoms with van der Waals surface area (Å²) in [4.78, 5) is 24.6. The SMILES string of the molecule is CC1(C)C(C#N)=C(SCC(=O)Nc2ccc3c(c2)OCCCO3)NC(=O)[C@@H]1C#N. The third kappa shape index (κ3) is 4.30. The van der Waals surface area contributed by atoms with Crippen molar-refractivity contribution in [2.24, 2.45) is 11.3 Å². The maximum Gasteiger partial charge on any atom is 0.243 e. The maximum atomic E-state index is 12.4. The molecule has 0 saturated carbocycles. The van der Waals surface area contributed by atoms with E-state index in [1.54, 1.807) is 32.0 Å². The molecule has 29 heavy (non-hydrogen) atoms. The molecular weight excluding hydrogens is 392 g/mol. The minimum atomic E-state index is -0.961. The van der Waals surface area contributed by atoms with Gasteiger partial charge in [0, 0.05) is 23.6 Å². The summed E-state index contributed by atoms with van der Waals surface area (Å²) in [5.74, 6) is -0.532. The number of amides is 2. The number of thioether (sulfide) groups is 1. The van der Waals surface area contributed by atoms with Crippen LogP contribution in [0.15, 0.2) is 28.8 Å². The highest BCUT2D eigenvalue weighted by Gasteiger charge is 2.44. The van der Waals surface area contributed by atoms with Crippen LogP contribution in [0.4, 0.5) is 5.69 Å². The first kappa shape index (κ1) is 20.6. The Morgan fingerprint density at radius 1 is 1.31 bits per heavy atom. The lowest BCUT2D eigenvalue weighted by molar-refractivity contribution is -0.125. The third-order valence-electron chi connectivity index (χ3n) is 4.71. The fourth-order valence-corrected chi connectivity index (χ4v) is 4.08. The zero-order valence-corrected chi connectivity index (χ0v) is 16.9. The van der Waals surface area contributed by atoms with Gasteiger partial charge in [0.1, 0.15) is 5.92 Å². The van der Waals surface area contributed by atoms with E-state index in [4.69, 9.17) is 9.47 Å². The van der Waals surface area contributed by atoms with Gasteiger partial charge in [-0.05, 0) is 12.1 Å². The van der Waals surface area contributed by atoms with Gasteiger partial charge in [-0.25, -0.2) is 0 Å². The number of anilines is 1. The second-order valence-corrected chi connectivity index (χ2v) is 8.12. The van der Waals surface area contributed by atoms with E-state index >= 15 is 0 Å². The van der Waals surface area contributed by atoms with E-state index in [1.165, 1.54) is 0 Å². The van der Waals surface area contributed by atoms with Crippen molar-refractivity contribution in [2.45, 2.75) is 20.3 Å². The van der Waals surface area contributed by atoms with Crippen LogP contribution in [0.2, 0.25) is 0 Å². The van der Waals surface area contributed by atoms with E-state index in [1.807, 2.05) is 6.07 Å². The van der Waals surface area contributed by atoms with Crippen LogP contribution in [0.5, 0.6) is 11.5 Å². The zero-order valence-electron chi connectivity index (χ0n) is 16.1. The highest BCUT2D eigenvalue weighted by Crippen LogP contribution is 2.41. The van der Waals surface area contributed by atoms with Crippen molar-refractivity contribution in [1.82, 2.24) is 5.32 Å². The number of fused-ring (bicyclic) bond motifs is 1. The molecule has 150 valence electrons. The van der Waals surface area contributed by atoms with Gasteiger partial charge in [0.05, 0.1) is 41.7 Å². The Morgan fingerprint density at radius 2 is 2.03 bits per heavy atom. The molecule has 8 nitrogen and oxygen atoms in total. The Bertz CT molecular complexity index is 958. The van der Waals surface area contributed by atoms with Crippen LogP contribution in [0.25, 0.3) is 0 Å². The van der Waals surface area contributed by atoms with Crippen LogP contribution in [0, 0.1) is 34.0 Å². The van der Waals surface area contributed by atoms with Gasteiger partial charge in [-0.1, -0.05) is 25.6 Å². The summed E-state index contributed by atoms with van der Waals surface area (Å²) in [5.41, 5.74) is -0.0807. The zero-order chi connectivity index (χ0) is 21.0. The van der Waals surface area contributed by atoms with Gasteiger partial charge < -0.3 is 20.1 Å². The van der Waals surface area contributed by atoms with Gasteiger partial charge >= 0.3 is 0 Å². The number of allylic oxidation sites excluding steroid dienone is 1. The lowest BCUT2D eigenvalue weighted by Gasteiger charge is -2.34. The molecule has 0 aromatic heterocycles. The molecule has 0 radical (unpaired) electrons. The first-order valence-corrected chi connectivity index (χ1v) is 10.0. The molecule has 1 aromatic rings. The lowest BCUT2D eigenvalue weighted by Crippen LogP contribution is -2.44. The number of carbonyl (C=O) groups excluding carboxylic acids is 2. The van der Waals surface area contributed by atoms with Crippen molar-refractivity contribution < 1.29 is 19.1 Å². The Labute approximate surface area is 172 Å². The average molecular weight is 412 g/mol. The van der Waals surface area contributed by atoms with E-state index < -0.39 is 17.2 Å². The largest absolute Gasteiger partial charge is 0.490 e. The highest BCUT2D eigenvalue weighted by molar-refractivity contribution is 8.03. The second kappa shape index (κ2) is 8.46. The molecule has 0 aliphatic carbocycles. The Hall–Kier alpha value is -3.17. The van der Waals surface area contributed by atoms with Crippen molar-refractivity contribution in [3.63, 3.8) is 0 Å². The first-order valence-electron chi connectivity index (χ1n) is 9.04. The third-order valence-corrected chi connectivity index (χ3v) is 5.71. The van der Waals surface area contributed by atoms with E-state index in [0.29, 0.717) is 35.4 Å². The van der Waals surface area contributed by atoms with E-state index in [0.717, 1.165) is 18.2 Å². The number of nitrogens with one attached hydrogen (secondary N) is 2. The minimum Gasteiger partial charge on any atom is -0.490 e. The summed E-state index contributed by atoms with van der Waals surface area (Å²) in [5, 5.41) is 24.4. The van der Waals surface area contributed by atoms with Crippen LogP contribution in [-0.4, -0.2) is 30.8 Å². The topological polar surface area (TPSA) is 124 Å². The van der Waals surface area contributed by atoms with Gasteiger partial charge in [-0.3, -0.25) is 9.59 Å². The van der Waals surface area contributed by atoms with Crippen molar-refractivity contribution >= 4 is 29.3 Å². The van der Waals surface area contributed by atoms with Crippen molar-refractivity contribution in [3.8, 4) is 23.6 Å². The lowest BCUT2D eigenvalue weighted by atomic mass is 9.72. The maximum absolute atomic E-state index is 12.4. The molecule has 0 saturated heterocycles. The molecule has 2 aliphatic rings. The molecule has 2 aliphatic heterocycles. The van der Waals surface area contributed by atoms with Crippen molar-refractivity contribution in [2.75, 3.05) is 24.3 Å². The van der Waals surface area contributed by atoms with Crippen LogP contribution >= 0.6 is 11.8 Å². The summed E-state index contributed by atoms with van der Waals surface area (Å²) < 4.78 is 11.2. The molecule has 3 rings (SSSR count). The Kier molecular flexibility index (Phi) is 6.00. The number of hydrogen-bond acceptors (Lipinski definition) is 7. The second-order valence-electron chi connectivity index (χ2n) is 7.14. The number of rotatable bonds is 4. The number of carbonyl (C=O) groups is 2. The van der Waals surface area contributed by atoms with E-state index in [9.17, 15) is 20.1 Å². The molecule has 2 N–H and O–H groups in total. The molecule has 1 atom stereocenters. The van der Waals surface area contributed by atoms with Crippen molar-refractivity contribution in [1.29, 1.82) is 10.5 Å². The highest BCUT2D eigenvalue weighted by atomic mass is 32.2. The number of hydrogen-bond donors (Lipinski definition) is 2. The standard InChI is InChI=1S/C20H20N4O4S/c1-20(2)13(9-21)18(26)24-19(14(20)10-22)29-11-17(25)23-12-4-5-15-16(8-12)28-7-3-6-27-15/h4-5,8,13H,3,6-7,11H2,1-2H3,(H,23,25)(H,24,26)/t13-/m0/s1. The number of benzene rings is 1. The number of ether oxygens (including phenoxy) is 2. The Balaban J connectivity index is 1.68. The molecule has 9 heteroatoms. The van der Waals surface area contributed by atoms with Crippen LogP contribution in [-0.2, 0) is 9.59 Å². The quantitative estimate of drug-likeness (QED) is 0.779. The molecule has 1 aromatic carbocycles. The van der Waals surface area contributed by atoms with Crippen LogP contribution in [0.3, 0.4) is 0 Å².